The summed E-state index contributed by atoms with van der Waals surface area (Å²) < 4.78 is 15.5. The molecule has 0 aliphatic heterocycles. The van der Waals surface area contributed by atoms with Crippen molar-refractivity contribution in [2.24, 2.45) is 0 Å². The Kier molecular flexibility index (Phi) is 5.56. The molecule has 2 N–H and O–H groups in total. The number of benzene rings is 1. The zero-order chi connectivity index (χ0) is 16.3. The molecule has 0 aliphatic carbocycles. The molecule has 0 bridgehead atoms. The molecule has 2 aromatic rings. The molecule has 0 saturated carbocycles. The molecule has 0 amide bonds. The van der Waals surface area contributed by atoms with Crippen molar-refractivity contribution in [1.29, 1.82) is 0 Å². The van der Waals surface area contributed by atoms with Crippen molar-refractivity contribution in [2.75, 3.05) is 6.61 Å². The van der Waals surface area contributed by atoms with Gasteiger partial charge in [-0.3, -0.25) is 4.68 Å². The first-order valence-corrected chi connectivity index (χ1v) is 7.66. The van der Waals surface area contributed by atoms with E-state index in [1.54, 1.807) is 12.3 Å². The third kappa shape index (κ3) is 3.85. The van der Waals surface area contributed by atoms with Crippen LogP contribution in [0, 0.1) is 5.82 Å². The lowest BCUT2D eigenvalue weighted by Gasteiger charge is -2.21. The molecule has 0 spiro atoms. The highest BCUT2D eigenvalue weighted by molar-refractivity contribution is 6.30. The molecule has 0 saturated heterocycles. The zero-order valence-corrected chi connectivity index (χ0v) is 13.7. The van der Waals surface area contributed by atoms with Crippen LogP contribution in [-0.2, 0) is 0 Å². The van der Waals surface area contributed by atoms with E-state index in [9.17, 15) is 9.50 Å². The Morgan fingerprint density at radius 1 is 1.32 bits per heavy atom. The van der Waals surface area contributed by atoms with E-state index in [4.69, 9.17) is 11.6 Å². The van der Waals surface area contributed by atoms with Gasteiger partial charge >= 0.3 is 0 Å². The smallest absolute Gasteiger partial charge is 0.142 e. The molecule has 1 aromatic carbocycles. The number of halogens is 2. The van der Waals surface area contributed by atoms with E-state index in [1.165, 1.54) is 12.1 Å². The maximum Gasteiger partial charge on any atom is 0.142 e. The highest BCUT2D eigenvalue weighted by Crippen LogP contribution is 2.23. The number of nitrogens with zero attached hydrogens (tertiary/aromatic N) is 2. The van der Waals surface area contributed by atoms with Crippen LogP contribution in [0.15, 0.2) is 30.6 Å². The zero-order valence-electron chi connectivity index (χ0n) is 12.9. The number of nitrogens with one attached hydrogen (secondary N) is 1. The normalized spacial score (nSPS) is 14.3. The summed E-state index contributed by atoms with van der Waals surface area (Å²) in [6, 6.07) is 4.45. The van der Waals surface area contributed by atoms with Gasteiger partial charge in [0, 0.05) is 23.8 Å². The minimum absolute atomic E-state index is 0.0246. The largest absolute Gasteiger partial charge is 0.394 e. The number of aromatic nitrogens is 2. The highest BCUT2D eigenvalue weighted by atomic mass is 35.5. The van der Waals surface area contributed by atoms with Crippen molar-refractivity contribution < 1.29 is 9.50 Å². The maximum absolute atomic E-state index is 13.6. The summed E-state index contributed by atoms with van der Waals surface area (Å²) in [7, 11) is 0. The monoisotopic (exact) mass is 325 g/mol. The van der Waals surface area contributed by atoms with Gasteiger partial charge in [-0.2, -0.15) is 5.10 Å². The van der Waals surface area contributed by atoms with Gasteiger partial charge in [-0.25, -0.2) is 4.39 Å². The lowest BCUT2D eigenvalue weighted by molar-refractivity contribution is 0.235. The van der Waals surface area contributed by atoms with Crippen LogP contribution in [0.25, 0.3) is 0 Å². The highest BCUT2D eigenvalue weighted by Gasteiger charge is 2.17. The van der Waals surface area contributed by atoms with Crippen molar-refractivity contribution in [3.05, 3.63) is 52.6 Å². The lowest BCUT2D eigenvalue weighted by atomic mass is 10.1. The Morgan fingerprint density at radius 3 is 2.59 bits per heavy atom. The van der Waals surface area contributed by atoms with Gasteiger partial charge in [-0.05, 0) is 38.5 Å². The van der Waals surface area contributed by atoms with Gasteiger partial charge in [-0.15, -0.1) is 0 Å². The molecule has 2 atom stereocenters. The second-order valence-electron chi connectivity index (χ2n) is 5.64. The van der Waals surface area contributed by atoms with E-state index in [2.05, 4.69) is 24.3 Å². The molecule has 0 unspecified atom stereocenters. The number of aliphatic hydroxyl groups is 1. The fourth-order valence-electron chi connectivity index (χ4n) is 2.24. The molecule has 6 heteroatoms. The predicted molar refractivity (Wildman–Crippen MR) is 85.4 cm³/mol. The quantitative estimate of drug-likeness (QED) is 0.852. The SMILES string of the molecule is CC(C)n1cc([C@@H](C)N[C@@H](CO)c2ccc(Cl)c(F)c2)cn1. The van der Waals surface area contributed by atoms with Gasteiger partial charge in [0.05, 0.1) is 23.9 Å². The molecule has 0 aliphatic rings. The molecular weight excluding hydrogens is 305 g/mol. The Bertz CT molecular complexity index is 630. The second-order valence-corrected chi connectivity index (χ2v) is 6.05. The fourth-order valence-corrected chi connectivity index (χ4v) is 2.36. The summed E-state index contributed by atoms with van der Waals surface area (Å²) in [5, 5.41) is 17.3. The van der Waals surface area contributed by atoms with Crippen LogP contribution in [0.2, 0.25) is 5.02 Å². The molecule has 0 radical (unpaired) electrons. The van der Waals surface area contributed by atoms with Crippen molar-refractivity contribution in [2.45, 2.75) is 38.9 Å². The second kappa shape index (κ2) is 7.22. The first-order chi connectivity index (χ1) is 10.4. The van der Waals surface area contributed by atoms with E-state index >= 15 is 0 Å². The van der Waals surface area contributed by atoms with Gasteiger partial charge in [0.25, 0.3) is 0 Å². The third-order valence-corrected chi connectivity index (χ3v) is 3.94. The third-order valence-electron chi connectivity index (χ3n) is 3.63. The van der Waals surface area contributed by atoms with E-state index in [1.807, 2.05) is 17.8 Å². The lowest BCUT2D eigenvalue weighted by Crippen LogP contribution is -2.27. The molecule has 1 heterocycles. The van der Waals surface area contributed by atoms with Crippen molar-refractivity contribution in [1.82, 2.24) is 15.1 Å². The van der Waals surface area contributed by atoms with E-state index in [0.29, 0.717) is 11.6 Å². The Hall–Kier alpha value is -1.43. The van der Waals surface area contributed by atoms with Crippen molar-refractivity contribution in [3.8, 4) is 0 Å². The molecule has 0 fully saturated rings. The Morgan fingerprint density at radius 2 is 2.05 bits per heavy atom. The molecule has 4 nitrogen and oxygen atoms in total. The fraction of sp³-hybridized carbons (Fsp3) is 0.438. The van der Waals surface area contributed by atoms with Gasteiger partial charge < -0.3 is 10.4 Å². The van der Waals surface area contributed by atoms with Crippen LogP contribution >= 0.6 is 11.6 Å². The Labute approximate surface area is 134 Å². The van der Waals surface area contributed by atoms with Crippen molar-refractivity contribution >= 4 is 11.6 Å². The van der Waals surface area contributed by atoms with Crippen LogP contribution in [0.5, 0.6) is 0 Å². The average molecular weight is 326 g/mol. The number of aliphatic hydroxyl groups excluding tert-OH is 1. The summed E-state index contributed by atoms with van der Waals surface area (Å²) in [4.78, 5) is 0. The number of rotatable bonds is 6. The van der Waals surface area contributed by atoms with Gasteiger partial charge in [0.2, 0.25) is 0 Å². The van der Waals surface area contributed by atoms with Gasteiger partial charge in [0.1, 0.15) is 5.82 Å². The average Bonchev–Trinajstić information content (AvgIpc) is 2.97. The predicted octanol–water partition coefficient (Wildman–Crippen LogP) is 3.64. The first-order valence-electron chi connectivity index (χ1n) is 7.28. The molecular formula is C16H21ClFN3O. The molecule has 22 heavy (non-hydrogen) atoms. The van der Waals surface area contributed by atoms with E-state index in [-0.39, 0.29) is 23.7 Å². The Balaban J connectivity index is 2.12. The van der Waals surface area contributed by atoms with Crippen LogP contribution in [0.4, 0.5) is 4.39 Å². The summed E-state index contributed by atoms with van der Waals surface area (Å²) in [6.07, 6.45) is 3.77. The summed E-state index contributed by atoms with van der Waals surface area (Å²) in [5.41, 5.74) is 1.68. The first kappa shape index (κ1) is 16.9. The van der Waals surface area contributed by atoms with Crippen LogP contribution in [-0.4, -0.2) is 21.5 Å². The summed E-state index contributed by atoms with van der Waals surface area (Å²) in [5.74, 6) is -0.486. The number of hydrogen-bond acceptors (Lipinski definition) is 3. The summed E-state index contributed by atoms with van der Waals surface area (Å²) in [6.45, 7) is 5.96. The van der Waals surface area contributed by atoms with Crippen LogP contribution in [0.3, 0.4) is 0 Å². The molecule has 1 aromatic heterocycles. The molecule has 2 rings (SSSR count). The van der Waals surface area contributed by atoms with Crippen LogP contribution < -0.4 is 5.32 Å². The van der Waals surface area contributed by atoms with E-state index < -0.39 is 5.82 Å². The van der Waals surface area contributed by atoms with E-state index in [0.717, 1.165) is 5.56 Å². The molecule has 120 valence electrons. The summed E-state index contributed by atoms with van der Waals surface area (Å²) >= 11 is 5.69. The van der Waals surface area contributed by atoms with Crippen LogP contribution in [0.1, 0.15) is 50.0 Å². The standard InChI is InChI=1S/C16H21ClFN3O/c1-10(2)21-8-13(7-19-21)11(3)20-16(9-22)12-4-5-14(17)15(18)6-12/h4-8,10-11,16,20,22H,9H2,1-3H3/t11-,16+/m1/s1. The number of hydrogen-bond donors (Lipinski definition) is 2. The minimum Gasteiger partial charge on any atom is -0.394 e. The minimum atomic E-state index is -0.486. The van der Waals surface area contributed by atoms with Gasteiger partial charge in [0.15, 0.2) is 0 Å². The van der Waals surface area contributed by atoms with Gasteiger partial charge in [-0.1, -0.05) is 17.7 Å². The topological polar surface area (TPSA) is 50.1 Å². The van der Waals surface area contributed by atoms with Crippen molar-refractivity contribution in [3.63, 3.8) is 0 Å². The maximum atomic E-state index is 13.6.